The second-order valence-corrected chi connectivity index (χ2v) is 37.7. The van der Waals surface area contributed by atoms with Crippen LogP contribution < -0.4 is 34.4 Å². The van der Waals surface area contributed by atoms with Gasteiger partial charge >= 0.3 is 0 Å². The molecule has 16 rings (SSSR count). The third-order valence-corrected chi connectivity index (χ3v) is 34.5. The predicted octanol–water partition coefficient (Wildman–Crippen LogP) is 14.8. The fraction of sp³-hybridized carbons (Fsp3) is 1.00. The zero-order valence-electron chi connectivity index (χ0n) is 55.7. The Morgan fingerprint density at radius 3 is 1.05 bits per heavy atom. The SMILES string of the molecule is C[C@@]12CCC[C@H]1[C@@H]1CC[C@H]3C(N)C(N)CC[C@]3(C)[C@H]1CC2.C[C@@]12CCC[C@H]1[C@@H]1CC[C@H]3C(N)C(O)CC[C@]3(C)[C@H]1CC2.C[C@@]12CCC[C@H]1[C@@H]1CC[C@H]3CC(N)C(N)C[C@]3(C)[C@H]1CC2.C[C@@]12CCC[C@H]1[C@@H]1CC[C@H]3CC(N)C(O)C[C@]3(C)[C@H]1CC2. The molecule has 0 saturated heterocycles. The summed E-state index contributed by atoms with van der Waals surface area (Å²) in [6.45, 7) is 20.5. The van der Waals surface area contributed by atoms with Crippen LogP contribution in [0.2, 0.25) is 0 Å². The van der Waals surface area contributed by atoms with Crippen molar-refractivity contribution in [2.24, 2.45) is 172 Å². The number of fused-ring (bicyclic) bond motifs is 20. The molecule has 0 aromatic rings. The van der Waals surface area contributed by atoms with Gasteiger partial charge in [0, 0.05) is 36.3 Å². The highest BCUT2D eigenvalue weighted by Gasteiger charge is 2.64. The fourth-order valence-corrected chi connectivity index (χ4v) is 29.6. The number of rotatable bonds is 0. The molecule has 8 unspecified atom stereocenters. The molecule has 8 nitrogen and oxygen atoms in total. The monoisotopic (exact) mass is 1160 g/mol. The smallest absolute Gasteiger partial charge is 0.0696 e. The third-order valence-electron chi connectivity index (χ3n) is 34.5. The number of hydrogen-bond acceptors (Lipinski definition) is 8. The highest BCUT2D eigenvalue weighted by Crippen LogP contribution is 2.71. The van der Waals surface area contributed by atoms with Crippen LogP contribution >= 0.6 is 0 Å². The Morgan fingerprint density at radius 2 is 0.619 bits per heavy atom. The number of aliphatic hydroxyl groups excluding tert-OH is 2. The molecule has 0 spiro atoms. The lowest BCUT2D eigenvalue weighted by atomic mass is 9.44. The minimum atomic E-state index is -0.262. The second kappa shape index (κ2) is 22.8. The van der Waals surface area contributed by atoms with Crippen LogP contribution in [-0.4, -0.2) is 58.7 Å². The molecule has 16 aliphatic rings. The highest BCUT2D eigenvalue weighted by atomic mass is 16.3. The first-order valence-corrected chi connectivity index (χ1v) is 37.7. The highest BCUT2D eigenvalue weighted by molar-refractivity contribution is 5.15. The molecule has 16 aliphatic carbocycles. The van der Waals surface area contributed by atoms with Gasteiger partial charge in [-0.3, -0.25) is 0 Å². The summed E-state index contributed by atoms with van der Waals surface area (Å²) in [5, 5.41) is 20.6. The third kappa shape index (κ3) is 10.1. The van der Waals surface area contributed by atoms with Crippen molar-refractivity contribution < 1.29 is 10.2 Å². The van der Waals surface area contributed by atoms with Gasteiger partial charge in [0.15, 0.2) is 0 Å². The molecule has 8 heteroatoms. The first kappa shape index (κ1) is 62.5. The van der Waals surface area contributed by atoms with Crippen LogP contribution in [0.5, 0.6) is 0 Å². The van der Waals surface area contributed by atoms with Crippen LogP contribution in [0.15, 0.2) is 0 Å². The van der Waals surface area contributed by atoms with Gasteiger partial charge in [-0.15, -0.1) is 0 Å². The summed E-state index contributed by atoms with van der Waals surface area (Å²) in [5.74, 6) is 14.3. The van der Waals surface area contributed by atoms with Crippen molar-refractivity contribution in [2.75, 3.05) is 0 Å². The number of hydrogen-bond donors (Lipinski definition) is 8. The summed E-state index contributed by atoms with van der Waals surface area (Å²) >= 11 is 0. The standard InChI is InChI=1S/2C19H34N2.2C19H33NO/c1-18-9-3-4-13(18)12-5-6-15-17(21)16(20)8-11-19(15,2)14(12)7-10-18;1-18-8-3-4-14(18)13-6-5-12-10-16(20)17(21)11-19(12,2)15(13)7-9-18;1-18-9-3-4-13(18)12-5-6-15-17(20)16(21)8-11-19(15,2)14(12)7-10-18;1-18-8-3-4-14(18)13-6-5-12-10-16(20)17(21)11-19(12,2)15(13)7-9-18/h2*12-17H,3-11,20-21H2,1-2H3;2*12-17,21H,3-11,20H2,1-2H3/t12-,13-,14-,15-,16?,17?,18-,19+;12-,13-,14-,15-,16?,17?,18-,19-;12-,13-,14-,15-,16?,17?,18-,19+;12-,13-,14-,15-,16?,17?,18-,19-/m0000/s1. The first-order chi connectivity index (χ1) is 39.8. The molecule has 0 aromatic heterocycles. The van der Waals surface area contributed by atoms with Gasteiger partial charge in [-0.05, 0) is 343 Å². The van der Waals surface area contributed by atoms with Crippen molar-refractivity contribution in [3.8, 4) is 0 Å². The van der Waals surface area contributed by atoms with E-state index in [-0.39, 0.29) is 48.5 Å². The molecule has 0 amide bonds. The van der Waals surface area contributed by atoms with E-state index in [0.29, 0.717) is 55.2 Å². The molecule has 0 heterocycles. The summed E-state index contributed by atoms with van der Waals surface area (Å²) < 4.78 is 0. The number of nitrogens with two attached hydrogens (primary N) is 6. The molecule has 32 atom stereocenters. The summed E-state index contributed by atoms with van der Waals surface area (Å²) in [7, 11) is 0. The Labute approximate surface area is 515 Å². The molecule has 16 saturated carbocycles. The van der Waals surface area contributed by atoms with Crippen LogP contribution in [0.3, 0.4) is 0 Å². The maximum absolute atomic E-state index is 10.4. The molecule has 480 valence electrons. The van der Waals surface area contributed by atoms with Crippen LogP contribution in [0, 0.1) is 138 Å². The van der Waals surface area contributed by atoms with Crippen molar-refractivity contribution in [1.29, 1.82) is 0 Å². The van der Waals surface area contributed by atoms with Gasteiger partial charge in [0.2, 0.25) is 0 Å². The maximum Gasteiger partial charge on any atom is 0.0696 e. The van der Waals surface area contributed by atoms with Crippen molar-refractivity contribution in [3.63, 3.8) is 0 Å². The van der Waals surface area contributed by atoms with Gasteiger partial charge in [0.05, 0.1) is 12.2 Å². The lowest BCUT2D eigenvalue weighted by Crippen LogP contribution is -2.62. The zero-order chi connectivity index (χ0) is 59.3. The van der Waals surface area contributed by atoms with E-state index in [2.05, 4.69) is 55.4 Å². The molecular formula is C76H134N6O2. The van der Waals surface area contributed by atoms with E-state index in [0.717, 1.165) is 109 Å². The van der Waals surface area contributed by atoms with Crippen LogP contribution in [0.4, 0.5) is 0 Å². The molecule has 0 radical (unpaired) electrons. The normalized spacial score (nSPS) is 60.0. The van der Waals surface area contributed by atoms with E-state index >= 15 is 0 Å². The Morgan fingerprint density at radius 1 is 0.262 bits per heavy atom. The quantitative estimate of drug-likeness (QED) is 0.117. The molecule has 0 bridgehead atoms. The molecule has 0 aromatic carbocycles. The van der Waals surface area contributed by atoms with Crippen LogP contribution in [0.1, 0.15) is 287 Å². The van der Waals surface area contributed by atoms with Crippen molar-refractivity contribution in [2.45, 2.75) is 335 Å². The minimum Gasteiger partial charge on any atom is -0.392 e. The Kier molecular flexibility index (Phi) is 16.9. The molecular weight excluding hydrogens is 1030 g/mol. The average molecular weight is 1160 g/mol. The van der Waals surface area contributed by atoms with Gasteiger partial charge < -0.3 is 44.6 Å². The van der Waals surface area contributed by atoms with E-state index in [1.165, 1.54) is 205 Å². The largest absolute Gasteiger partial charge is 0.392 e. The lowest BCUT2D eigenvalue weighted by molar-refractivity contribution is -0.129. The zero-order valence-corrected chi connectivity index (χ0v) is 55.7. The van der Waals surface area contributed by atoms with Gasteiger partial charge in [-0.1, -0.05) is 81.1 Å². The first-order valence-electron chi connectivity index (χ1n) is 37.7. The van der Waals surface area contributed by atoms with Gasteiger partial charge in [-0.2, -0.15) is 0 Å². The van der Waals surface area contributed by atoms with Crippen LogP contribution in [-0.2, 0) is 0 Å². The molecule has 0 aliphatic heterocycles. The van der Waals surface area contributed by atoms with E-state index in [9.17, 15) is 10.2 Å². The van der Waals surface area contributed by atoms with E-state index in [1.807, 2.05) is 0 Å². The summed E-state index contributed by atoms with van der Waals surface area (Å²) in [5.41, 5.74) is 42.5. The van der Waals surface area contributed by atoms with E-state index < -0.39 is 0 Å². The molecule has 84 heavy (non-hydrogen) atoms. The molecule has 16 fully saturated rings. The maximum atomic E-state index is 10.4. The summed E-state index contributed by atoms with van der Waals surface area (Å²) in [6, 6.07) is 1.05. The Balaban J connectivity index is 0.000000104. The van der Waals surface area contributed by atoms with Crippen molar-refractivity contribution in [3.05, 3.63) is 0 Å². The van der Waals surface area contributed by atoms with Gasteiger partial charge in [-0.25, -0.2) is 0 Å². The van der Waals surface area contributed by atoms with Crippen molar-refractivity contribution in [1.82, 2.24) is 0 Å². The number of aliphatic hydroxyl groups is 2. The fourth-order valence-electron chi connectivity index (χ4n) is 29.6. The van der Waals surface area contributed by atoms with Gasteiger partial charge in [0.1, 0.15) is 0 Å². The van der Waals surface area contributed by atoms with Crippen molar-refractivity contribution >= 4 is 0 Å². The Hall–Kier alpha value is -0.320. The topological polar surface area (TPSA) is 197 Å². The summed E-state index contributed by atoms with van der Waals surface area (Å²) in [4.78, 5) is 0. The Bertz CT molecular complexity index is 2090. The van der Waals surface area contributed by atoms with E-state index in [1.54, 1.807) is 0 Å². The molecule has 14 N–H and O–H groups in total. The second-order valence-electron chi connectivity index (χ2n) is 37.7. The van der Waals surface area contributed by atoms with Crippen LogP contribution in [0.25, 0.3) is 0 Å². The van der Waals surface area contributed by atoms with Gasteiger partial charge in [0.25, 0.3) is 0 Å². The van der Waals surface area contributed by atoms with E-state index in [4.69, 9.17) is 34.4 Å². The minimum absolute atomic E-state index is 0.0277. The average Bonchev–Trinajstić information content (AvgIpc) is 1.24. The summed E-state index contributed by atoms with van der Waals surface area (Å²) in [6.07, 6.45) is 49.0. The lowest BCUT2D eigenvalue weighted by Gasteiger charge is -2.61. The predicted molar refractivity (Wildman–Crippen MR) is 347 cm³/mol.